The fourth-order valence-corrected chi connectivity index (χ4v) is 6.84. The molecule has 5 N–H and O–H groups in total. The lowest BCUT2D eigenvalue weighted by molar-refractivity contribution is -0.116. The fraction of sp³-hybridized carbons (Fsp3) is 0.514. The van der Waals surface area contributed by atoms with E-state index in [4.69, 9.17) is 33.7 Å². The number of aliphatic hydroxyl groups excluding tert-OH is 1. The summed E-state index contributed by atoms with van der Waals surface area (Å²) in [5, 5.41) is 31.6. The molecule has 1 fully saturated rings. The Kier molecular flexibility index (Phi) is 11.6. The van der Waals surface area contributed by atoms with Crippen molar-refractivity contribution < 1.29 is 23.4 Å². The van der Waals surface area contributed by atoms with Crippen LogP contribution in [0.3, 0.4) is 0 Å². The first-order valence-corrected chi connectivity index (χ1v) is 16.6. The van der Waals surface area contributed by atoms with Gasteiger partial charge in [-0.25, -0.2) is 8.78 Å². The molecule has 0 radical (unpaired) electrons. The summed E-state index contributed by atoms with van der Waals surface area (Å²) in [5.41, 5.74) is 2.89. The maximum atomic E-state index is 16.0. The molecule has 0 unspecified atom stereocenters. The average Bonchev–Trinajstić information content (AvgIpc) is 3.57. The van der Waals surface area contributed by atoms with E-state index in [2.05, 4.69) is 21.8 Å². The number of aromatic nitrogens is 2. The van der Waals surface area contributed by atoms with E-state index in [1.54, 1.807) is 23.0 Å². The summed E-state index contributed by atoms with van der Waals surface area (Å²) in [7, 11) is 0. The van der Waals surface area contributed by atoms with Crippen molar-refractivity contribution in [2.24, 2.45) is 17.1 Å². The molecule has 3 aromatic rings. The van der Waals surface area contributed by atoms with E-state index >= 15 is 8.78 Å². The number of nitrogens with one attached hydrogen (secondary N) is 2. The lowest BCUT2D eigenvalue weighted by atomic mass is 9.59. The smallest absolute Gasteiger partial charge is 0.227 e. The van der Waals surface area contributed by atoms with Crippen molar-refractivity contribution in [3.05, 3.63) is 81.5 Å². The number of nitrogens with zero attached hydrogens (tertiary/aromatic N) is 3. The Morgan fingerprint density at radius 1 is 1.23 bits per heavy atom. The fourth-order valence-electron chi connectivity index (χ4n) is 6.50. The third kappa shape index (κ3) is 8.02. The van der Waals surface area contributed by atoms with E-state index in [0.717, 1.165) is 6.07 Å². The van der Waals surface area contributed by atoms with Gasteiger partial charge in [0.25, 0.3) is 0 Å². The van der Waals surface area contributed by atoms with E-state index < -0.39 is 52.7 Å². The second kappa shape index (κ2) is 14.8. The third-order valence-corrected chi connectivity index (χ3v) is 9.84. The molecule has 2 heterocycles. The number of carbonyl (C=O) groups excluding carboxylic acids is 1. The summed E-state index contributed by atoms with van der Waals surface area (Å²) in [6.45, 7) is 12.1. The van der Waals surface area contributed by atoms with Gasteiger partial charge in [0.2, 0.25) is 5.91 Å². The second-order valence-electron chi connectivity index (χ2n) is 14.2. The molecule has 48 heavy (non-hydrogen) atoms. The van der Waals surface area contributed by atoms with Crippen molar-refractivity contribution in [1.29, 1.82) is 5.26 Å². The van der Waals surface area contributed by atoms with Crippen LogP contribution in [0.15, 0.2) is 48.7 Å². The van der Waals surface area contributed by atoms with Crippen molar-refractivity contribution in [2.45, 2.75) is 89.6 Å². The molecule has 6 atom stereocenters. The highest BCUT2D eigenvalue weighted by molar-refractivity contribution is 6.31. The summed E-state index contributed by atoms with van der Waals surface area (Å²) in [6, 6.07) is 11.1. The molecule has 1 saturated heterocycles. The van der Waals surface area contributed by atoms with Gasteiger partial charge in [0.15, 0.2) is 5.82 Å². The van der Waals surface area contributed by atoms with Crippen molar-refractivity contribution >= 4 is 34.9 Å². The number of ether oxygens (including phenoxy) is 1. The van der Waals surface area contributed by atoms with Gasteiger partial charge in [-0.05, 0) is 48.9 Å². The van der Waals surface area contributed by atoms with Crippen LogP contribution in [0.2, 0.25) is 10.0 Å². The Bertz CT molecular complexity index is 1660. The monoisotopic (exact) mass is 704 g/mol. The molecule has 1 aromatic heterocycles. The Morgan fingerprint density at radius 2 is 1.94 bits per heavy atom. The van der Waals surface area contributed by atoms with Crippen LogP contribution < -0.4 is 16.4 Å². The number of hydrogen-bond donors (Lipinski definition) is 4. The number of hydrogen-bond acceptors (Lipinski definition) is 7. The number of rotatable bonds is 12. The Labute approximate surface area is 290 Å². The molecule has 1 aliphatic heterocycles. The standard InChI is InChI=1S/C35H44Cl2F2N6O3/c1-20(33(2,3)4)32-35(18-41,24-11-10-21(36)14-26(24)38)30(23-8-7-9-25(37)31(23)39)27(42-32)15-29(47)43-28-12-13-45(44-28)19-34(5,6)48-17-22(46)16-40/h7-14,20,22,27,30,32,42,46H,15-17,19,40H2,1-6H3,(H,43,44,47)/t20-,22+,27+,30+,32+,35-/m1/s1. The zero-order valence-electron chi connectivity index (χ0n) is 28.0. The zero-order valence-corrected chi connectivity index (χ0v) is 29.5. The Hall–Kier alpha value is -3.11. The number of halogens is 4. The first-order chi connectivity index (χ1) is 22.4. The third-order valence-electron chi connectivity index (χ3n) is 9.32. The SMILES string of the molecule is C[C@H]([C@@H]1N[C@@H](CC(=O)Nc2ccn(CC(C)(C)OC[C@@H](O)CN)n2)[C@H](c2cccc(Cl)c2F)[C@@]1(C#N)c1ccc(Cl)cc1F)C(C)(C)C. The number of anilines is 1. The van der Waals surface area contributed by atoms with E-state index in [1.165, 1.54) is 24.3 Å². The Balaban J connectivity index is 1.71. The van der Waals surface area contributed by atoms with Crippen molar-refractivity contribution in [3.8, 4) is 6.07 Å². The van der Waals surface area contributed by atoms with Gasteiger partial charge in [0, 0.05) is 53.8 Å². The molecule has 0 bridgehead atoms. The van der Waals surface area contributed by atoms with Gasteiger partial charge >= 0.3 is 0 Å². The zero-order chi connectivity index (χ0) is 35.6. The first-order valence-electron chi connectivity index (χ1n) is 15.9. The molecule has 1 amide bonds. The van der Waals surface area contributed by atoms with Gasteiger partial charge in [0.05, 0.1) is 35.9 Å². The van der Waals surface area contributed by atoms with Crippen molar-refractivity contribution in [1.82, 2.24) is 15.1 Å². The molecule has 13 heteroatoms. The predicted octanol–water partition coefficient (Wildman–Crippen LogP) is 6.18. The lowest BCUT2D eigenvalue weighted by Crippen LogP contribution is -2.50. The minimum Gasteiger partial charge on any atom is -0.389 e. The second-order valence-corrected chi connectivity index (χ2v) is 15.1. The molecular weight excluding hydrogens is 661 g/mol. The summed E-state index contributed by atoms with van der Waals surface area (Å²) < 4.78 is 39.3. The van der Waals surface area contributed by atoms with Gasteiger partial charge < -0.3 is 26.2 Å². The summed E-state index contributed by atoms with van der Waals surface area (Å²) in [6.07, 6.45) is 0.705. The van der Waals surface area contributed by atoms with Gasteiger partial charge in [-0.3, -0.25) is 9.48 Å². The highest BCUT2D eigenvalue weighted by atomic mass is 35.5. The number of carbonyl (C=O) groups is 1. The van der Waals surface area contributed by atoms with Crippen molar-refractivity contribution in [2.75, 3.05) is 18.5 Å². The number of nitrogens with two attached hydrogens (primary N) is 1. The van der Waals surface area contributed by atoms with Crippen LogP contribution >= 0.6 is 23.2 Å². The van der Waals surface area contributed by atoms with Crippen LogP contribution in [0.25, 0.3) is 0 Å². The molecular formula is C35H44Cl2F2N6O3. The molecule has 2 aromatic carbocycles. The predicted molar refractivity (Wildman–Crippen MR) is 183 cm³/mol. The topological polar surface area (TPSA) is 138 Å². The summed E-state index contributed by atoms with van der Waals surface area (Å²) in [4.78, 5) is 13.7. The molecule has 4 rings (SSSR count). The van der Waals surface area contributed by atoms with Crippen molar-refractivity contribution in [3.63, 3.8) is 0 Å². The normalized spacial score (nSPS) is 22.7. The Morgan fingerprint density at radius 3 is 2.56 bits per heavy atom. The number of amides is 1. The number of benzene rings is 2. The maximum Gasteiger partial charge on any atom is 0.227 e. The van der Waals surface area contributed by atoms with Crippen LogP contribution in [0.4, 0.5) is 14.6 Å². The lowest BCUT2D eigenvalue weighted by Gasteiger charge is -2.42. The van der Waals surface area contributed by atoms with Crippen LogP contribution in [0.1, 0.15) is 65.0 Å². The van der Waals surface area contributed by atoms with Gasteiger partial charge in [-0.15, -0.1) is 0 Å². The molecule has 0 spiro atoms. The molecule has 260 valence electrons. The number of aliphatic hydroxyl groups is 1. The summed E-state index contributed by atoms with van der Waals surface area (Å²) in [5.74, 6) is -2.90. The quantitative estimate of drug-likeness (QED) is 0.177. The van der Waals surface area contributed by atoms with Gasteiger partial charge in [0.1, 0.15) is 17.0 Å². The van der Waals surface area contributed by atoms with Crippen LogP contribution in [-0.2, 0) is 21.5 Å². The minimum absolute atomic E-state index is 0.0536. The first kappa shape index (κ1) is 37.7. The average molecular weight is 706 g/mol. The van der Waals surface area contributed by atoms with E-state index in [-0.39, 0.29) is 57.9 Å². The van der Waals surface area contributed by atoms with Crippen LogP contribution in [0, 0.1) is 34.3 Å². The largest absolute Gasteiger partial charge is 0.389 e. The van der Waals surface area contributed by atoms with Crippen LogP contribution in [-0.4, -0.2) is 57.7 Å². The van der Waals surface area contributed by atoms with Gasteiger partial charge in [-0.1, -0.05) is 69.1 Å². The number of nitriles is 1. The van der Waals surface area contributed by atoms with Crippen LogP contribution in [0.5, 0.6) is 0 Å². The minimum atomic E-state index is -1.66. The highest BCUT2D eigenvalue weighted by Gasteiger charge is 2.61. The maximum absolute atomic E-state index is 16.0. The molecule has 1 aliphatic rings. The molecule has 0 saturated carbocycles. The summed E-state index contributed by atoms with van der Waals surface area (Å²) >= 11 is 12.4. The molecule has 9 nitrogen and oxygen atoms in total. The highest BCUT2D eigenvalue weighted by Crippen LogP contribution is 2.54. The molecule has 0 aliphatic carbocycles. The van der Waals surface area contributed by atoms with E-state index in [0.29, 0.717) is 6.54 Å². The van der Waals surface area contributed by atoms with E-state index in [9.17, 15) is 15.2 Å². The van der Waals surface area contributed by atoms with E-state index in [1.807, 2.05) is 41.5 Å². The van der Waals surface area contributed by atoms with Gasteiger partial charge in [-0.2, -0.15) is 10.4 Å².